The maximum atomic E-state index is 12.1. The van der Waals surface area contributed by atoms with Crippen molar-refractivity contribution in [2.24, 2.45) is 0 Å². The van der Waals surface area contributed by atoms with Crippen molar-refractivity contribution in [3.8, 4) is 0 Å². The quantitative estimate of drug-likeness (QED) is 0.806. The van der Waals surface area contributed by atoms with Crippen LogP contribution < -0.4 is 5.32 Å². The third-order valence-corrected chi connectivity index (χ3v) is 3.39. The van der Waals surface area contributed by atoms with E-state index in [0.29, 0.717) is 26.1 Å². The molecule has 114 valence electrons. The number of benzene rings is 1. The predicted octanol–water partition coefficient (Wildman–Crippen LogP) is 1.46. The van der Waals surface area contributed by atoms with E-state index in [2.05, 4.69) is 5.32 Å². The van der Waals surface area contributed by atoms with Crippen LogP contribution >= 0.6 is 0 Å². The van der Waals surface area contributed by atoms with Crippen molar-refractivity contribution in [1.29, 1.82) is 0 Å². The van der Waals surface area contributed by atoms with Crippen LogP contribution in [0.4, 0.5) is 0 Å². The van der Waals surface area contributed by atoms with Crippen LogP contribution in [0, 0.1) is 0 Å². The molecular formula is C16H21NO4. The van der Waals surface area contributed by atoms with E-state index in [1.54, 1.807) is 6.92 Å². The van der Waals surface area contributed by atoms with Gasteiger partial charge in [-0.1, -0.05) is 30.3 Å². The Kier molecular flexibility index (Phi) is 5.75. The van der Waals surface area contributed by atoms with E-state index >= 15 is 0 Å². The first-order chi connectivity index (χ1) is 10.2. The number of hydrogen-bond donors (Lipinski definition) is 1. The lowest BCUT2D eigenvalue weighted by molar-refractivity contribution is -0.148. The first-order valence-electron chi connectivity index (χ1n) is 7.33. The number of carbonyl (C=O) groups excluding carboxylic acids is 2. The lowest BCUT2D eigenvalue weighted by Crippen LogP contribution is -2.47. The zero-order chi connectivity index (χ0) is 15.1. The van der Waals surface area contributed by atoms with Crippen LogP contribution in [0.1, 0.15) is 25.3 Å². The minimum absolute atomic E-state index is 0.235. The van der Waals surface area contributed by atoms with Crippen molar-refractivity contribution in [3.05, 3.63) is 35.9 Å². The molecule has 1 aliphatic rings. The highest BCUT2D eigenvalue weighted by molar-refractivity contribution is 5.87. The second-order valence-corrected chi connectivity index (χ2v) is 5.00. The van der Waals surface area contributed by atoms with Crippen molar-refractivity contribution in [2.45, 2.75) is 38.3 Å². The molecule has 1 heterocycles. The van der Waals surface area contributed by atoms with Crippen LogP contribution in [0.25, 0.3) is 0 Å². The van der Waals surface area contributed by atoms with Gasteiger partial charge in [-0.2, -0.15) is 0 Å². The largest absolute Gasteiger partial charge is 0.464 e. The van der Waals surface area contributed by atoms with Crippen LogP contribution in [0.3, 0.4) is 0 Å². The summed E-state index contributed by atoms with van der Waals surface area (Å²) in [6.07, 6.45) is 1.55. The van der Waals surface area contributed by atoms with Crippen LogP contribution in [-0.4, -0.2) is 37.2 Å². The standard InChI is InChI=1S/C16H21NO4/c1-2-20-16(19)13(11-12-7-4-3-5-8-12)17-15(18)14-9-6-10-21-14/h3-5,7-8,13-14H,2,6,9-11H2,1H3,(H,17,18)/t13-,14+/m1/s1. The first-order valence-corrected chi connectivity index (χ1v) is 7.33. The van der Waals surface area contributed by atoms with E-state index < -0.39 is 18.1 Å². The van der Waals surface area contributed by atoms with Crippen molar-refractivity contribution in [2.75, 3.05) is 13.2 Å². The fraction of sp³-hybridized carbons (Fsp3) is 0.500. The molecule has 1 aromatic carbocycles. The maximum Gasteiger partial charge on any atom is 0.328 e. The summed E-state index contributed by atoms with van der Waals surface area (Å²) in [7, 11) is 0. The van der Waals surface area contributed by atoms with Gasteiger partial charge in [0.05, 0.1) is 6.61 Å². The molecule has 0 unspecified atom stereocenters. The minimum atomic E-state index is -0.677. The average Bonchev–Trinajstić information content (AvgIpc) is 3.02. The Balaban J connectivity index is 2.01. The van der Waals surface area contributed by atoms with Crippen molar-refractivity contribution in [3.63, 3.8) is 0 Å². The number of hydrogen-bond acceptors (Lipinski definition) is 4. The Morgan fingerprint density at radius 2 is 2.14 bits per heavy atom. The number of esters is 1. The molecule has 2 rings (SSSR count). The molecule has 21 heavy (non-hydrogen) atoms. The number of amides is 1. The van der Waals surface area contributed by atoms with Crippen molar-refractivity contribution >= 4 is 11.9 Å². The Morgan fingerprint density at radius 3 is 2.76 bits per heavy atom. The zero-order valence-electron chi connectivity index (χ0n) is 12.2. The molecule has 1 aromatic rings. The van der Waals surface area contributed by atoms with Gasteiger partial charge in [0.1, 0.15) is 12.1 Å². The van der Waals surface area contributed by atoms with Crippen LogP contribution in [0.2, 0.25) is 0 Å². The Bertz CT molecular complexity index is 468. The summed E-state index contributed by atoms with van der Waals surface area (Å²) in [4.78, 5) is 24.1. The fourth-order valence-corrected chi connectivity index (χ4v) is 2.34. The molecule has 5 heteroatoms. The lowest BCUT2D eigenvalue weighted by Gasteiger charge is -2.19. The molecule has 1 N–H and O–H groups in total. The maximum absolute atomic E-state index is 12.1. The summed E-state index contributed by atoms with van der Waals surface area (Å²) in [6, 6.07) is 8.88. The number of rotatable bonds is 6. The Hall–Kier alpha value is -1.88. The van der Waals surface area contributed by atoms with Crippen molar-refractivity contribution < 1.29 is 19.1 Å². The topological polar surface area (TPSA) is 64.6 Å². The Morgan fingerprint density at radius 1 is 1.38 bits per heavy atom. The van der Waals surface area contributed by atoms with Crippen molar-refractivity contribution in [1.82, 2.24) is 5.32 Å². The Labute approximate surface area is 124 Å². The molecule has 1 fully saturated rings. The molecule has 0 saturated carbocycles. The van der Waals surface area contributed by atoms with Gasteiger partial charge in [-0.05, 0) is 25.3 Å². The summed E-state index contributed by atoms with van der Waals surface area (Å²) in [5, 5.41) is 2.75. The highest BCUT2D eigenvalue weighted by Crippen LogP contribution is 2.13. The van der Waals surface area contributed by atoms with Gasteiger partial charge < -0.3 is 14.8 Å². The van der Waals surface area contributed by atoms with Gasteiger partial charge in [0, 0.05) is 13.0 Å². The summed E-state index contributed by atoms with van der Waals surface area (Å²) in [5.74, 6) is -0.644. The molecule has 5 nitrogen and oxygen atoms in total. The molecular weight excluding hydrogens is 270 g/mol. The predicted molar refractivity (Wildman–Crippen MR) is 77.7 cm³/mol. The van der Waals surface area contributed by atoms with Gasteiger partial charge in [-0.3, -0.25) is 4.79 Å². The molecule has 0 bridgehead atoms. The van der Waals surface area contributed by atoms with Gasteiger partial charge in [-0.15, -0.1) is 0 Å². The molecule has 0 aromatic heterocycles. The van der Waals surface area contributed by atoms with E-state index in [-0.39, 0.29) is 5.91 Å². The SMILES string of the molecule is CCOC(=O)[C@@H](Cc1ccccc1)NC(=O)[C@@H]1CCCO1. The second kappa shape index (κ2) is 7.78. The second-order valence-electron chi connectivity index (χ2n) is 5.00. The van der Waals surface area contributed by atoms with Gasteiger partial charge in [-0.25, -0.2) is 4.79 Å². The average molecular weight is 291 g/mol. The summed E-state index contributed by atoms with van der Waals surface area (Å²) in [5.41, 5.74) is 0.975. The molecule has 2 atom stereocenters. The molecule has 0 spiro atoms. The monoisotopic (exact) mass is 291 g/mol. The first kappa shape index (κ1) is 15.5. The summed E-state index contributed by atoms with van der Waals surface area (Å²) < 4.78 is 10.4. The molecule has 1 aliphatic heterocycles. The normalized spacial score (nSPS) is 19.0. The number of ether oxygens (including phenoxy) is 2. The van der Waals surface area contributed by atoms with E-state index in [9.17, 15) is 9.59 Å². The smallest absolute Gasteiger partial charge is 0.328 e. The zero-order valence-corrected chi connectivity index (χ0v) is 12.2. The van der Waals surface area contributed by atoms with Crippen LogP contribution in [0.5, 0.6) is 0 Å². The van der Waals surface area contributed by atoms with Crippen LogP contribution in [-0.2, 0) is 25.5 Å². The molecule has 0 aliphatic carbocycles. The number of nitrogens with one attached hydrogen (secondary N) is 1. The van der Waals surface area contributed by atoms with Gasteiger partial charge >= 0.3 is 5.97 Å². The van der Waals surface area contributed by atoms with E-state index in [1.807, 2.05) is 30.3 Å². The molecule has 1 saturated heterocycles. The van der Waals surface area contributed by atoms with E-state index in [0.717, 1.165) is 12.0 Å². The van der Waals surface area contributed by atoms with E-state index in [4.69, 9.17) is 9.47 Å². The highest BCUT2D eigenvalue weighted by atomic mass is 16.5. The van der Waals surface area contributed by atoms with E-state index in [1.165, 1.54) is 0 Å². The lowest BCUT2D eigenvalue weighted by atomic mass is 10.1. The molecule has 0 radical (unpaired) electrons. The third kappa shape index (κ3) is 4.56. The van der Waals surface area contributed by atoms with Gasteiger partial charge in [0.2, 0.25) is 5.91 Å². The third-order valence-electron chi connectivity index (χ3n) is 3.39. The summed E-state index contributed by atoms with van der Waals surface area (Å²) in [6.45, 7) is 2.64. The molecule has 1 amide bonds. The number of carbonyl (C=O) groups is 2. The van der Waals surface area contributed by atoms with Crippen LogP contribution in [0.15, 0.2) is 30.3 Å². The van der Waals surface area contributed by atoms with Gasteiger partial charge in [0.15, 0.2) is 0 Å². The van der Waals surface area contributed by atoms with Gasteiger partial charge in [0.25, 0.3) is 0 Å². The fourth-order valence-electron chi connectivity index (χ4n) is 2.34. The highest BCUT2D eigenvalue weighted by Gasteiger charge is 2.29. The summed E-state index contributed by atoms with van der Waals surface area (Å²) >= 11 is 0. The minimum Gasteiger partial charge on any atom is -0.464 e.